The summed E-state index contributed by atoms with van der Waals surface area (Å²) in [6.45, 7) is 6.40. The lowest BCUT2D eigenvalue weighted by molar-refractivity contribution is 0.122. The van der Waals surface area contributed by atoms with Crippen LogP contribution in [0.1, 0.15) is 11.1 Å². The Labute approximate surface area is 163 Å². The zero-order valence-corrected chi connectivity index (χ0v) is 16.9. The van der Waals surface area contributed by atoms with Crippen molar-refractivity contribution in [1.82, 2.24) is 0 Å². The summed E-state index contributed by atoms with van der Waals surface area (Å²) >= 11 is 12.4. The van der Waals surface area contributed by atoms with E-state index in [1.54, 1.807) is 32.0 Å². The van der Waals surface area contributed by atoms with Gasteiger partial charge in [-0.3, -0.25) is 4.72 Å². The Kier molecular flexibility index (Phi) is 5.67. The van der Waals surface area contributed by atoms with Crippen molar-refractivity contribution in [3.05, 3.63) is 51.5 Å². The maximum atomic E-state index is 12.9. The lowest BCUT2D eigenvalue weighted by Gasteiger charge is -2.28. The number of rotatable bonds is 4. The average Bonchev–Trinajstić information content (AvgIpc) is 2.61. The van der Waals surface area contributed by atoms with Crippen LogP contribution >= 0.6 is 23.2 Å². The van der Waals surface area contributed by atoms with E-state index in [9.17, 15) is 8.42 Å². The van der Waals surface area contributed by atoms with E-state index in [-0.39, 0.29) is 9.92 Å². The van der Waals surface area contributed by atoms with Crippen molar-refractivity contribution in [2.75, 3.05) is 35.9 Å². The second kappa shape index (κ2) is 7.64. The van der Waals surface area contributed by atoms with Crippen LogP contribution in [-0.4, -0.2) is 34.7 Å². The van der Waals surface area contributed by atoms with Crippen LogP contribution in [0, 0.1) is 13.8 Å². The van der Waals surface area contributed by atoms with Gasteiger partial charge in [0.1, 0.15) is 4.90 Å². The van der Waals surface area contributed by atoms with Crippen molar-refractivity contribution in [2.24, 2.45) is 0 Å². The predicted molar refractivity (Wildman–Crippen MR) is 106 cm³/mol. The smallest absolute Gasteiger partial charge is 0.263 e. The van der Waals surface area contributed by atoms with E-state index in [0.29, 0.717) is 35.1 Å². The van der Waals surface area contributed by atoms with Gasteiger partial charge in [-0.2, -0.15) is 0 Å². The monoisotopic (exact) mass is 414 g/mol. The molecule has 0 unspecified atom stereocenters. The fourth-order valence-electron chi connectivity index (χ4n) is 2.90. The lowest BCUT2D eigenvalue weighted by atomic mass is 10.2. The van der Waals surface area contributed by atoms with Crippen molar-refractivity contribution in [3.8, 4) is 0 Å². The SMILES string of the molecule is Cc1cc(Cl)c(C)c(S(=O)(=O)Nc2ccc(N3CCOCC3)cc2)c1Cl. The zero-order chi connectivity index (χ0) is 18.9. The van der Waals surface area contributed by atoms with Crippen molar-refractivity contribution < 1.29 is 13.2 Å². The number of benzene rings is 2. The molecule has 3 rings (SSSR count). The topological polar surface area (TPSA) is 58.6 Å². The molecule has 2 aromatic carbocycles. The Balaban J connectivity index is 1.86. The van der Waals surface area contributed by atoms with Crippen LogP contribution in [-0.2, 0) is 14.8 Å². The summed E-state index contributed by atoms with van der Waals surface area (Å²) in [6.07, 6.45) is 0. The first-order chi connectivity index (χ1) is 12.3. The minimum Gasteiger partial charge on any atom is -0.378 e. The molecule has 0 atom stereocenters. The van der Waals surface area contributed by atoms with Gasteiger partial charge in [0, 0.05) is 29.5 Å². The number of anilines is 2. The molecule has 1 N–H and O–H groups in total. The highest BCUT2D eigenvalue weighted by molar-refractivity contribution is 7.93. The Morgan fingerprint density at radius 3 is 2.31 bits per heavy atom. The third kappa shape index (κ3) is 3.93. The first kappa shape index (κ1) is 19.3. The summed E-state index contributed by atoms with van der Waals surface area (Å²) in [5, 5.41) is 0.555. The molecular weight excluding hydrogens is 395 g/mol. The van der Waals surface area contributed by atoms with E-state index in [2.05, 4.69) is 9.62 Å². The Morgan fingerprint density at radius 1 is 1.08 bits per heavy atom. The van der Waals surface area contributed by atoms with E-state index in [1.807, 2.05) is 12.1 Å². The molecule has 5 nitrogen and oxygen atoms in total. The van der Waals surface area contributed by atoms with Gasteiger partial charge in [-0.15, -0.1) is 0 Å². The number of nitrogens with zero attached hydrogens (tertiary/aromatic N) is 1. The van der Waals surface area contributed by atoms with Crippen molar-refractivity contribution in [2.45, 2.75) is 18.7 Å². The highest BCUT2D eigenvalue weighted by atomic mass is 35.5. The number of ether oxygens (including phenoxy) is 1. The van der Waals surface area contributed by atoms with Gasteiger partial charge >= 0.3 is 0 Å². The fraction of sp³-hybridized carbons (Fsp3) is 0.333. The predicted octanol–water partition coefficient (Wildman–Crippen LogP) is 4.25. The van der Waals surface area contributed by atoms with Gasteiger partial charge < -0.3 is 9.64 Å². The second-order valence-electron chi connectivity index (χ2n) is 6.20. The van der Waals surface area contributed by atoms with Gasteiger partial charge in [-0.05, 0) is 55.3 Å². The van der Waals surface area contributed by atoms with E-state index >= 15 is 0 Å². The molecule has 2 aromatic rings. The van der Waals surface area contributed by atoms with E-state index < -0.39 is 10.0 Å². The van der Waals surface area contributed by atoms with E-state index in [0.717, 1.165) is 18.8 Å². The summed E-state index contributed by atoms with van der Waals surface area (Å²) < 4.78 is 33.6. The van der Waals surface area contributed by atoms with Crippen LogP contribution in [0.15, 0.2) is 35.2 Å². The molecule has 0 amide bonds. The molecular formula is C18H20Cl2N2O3S. The summed E-state index contributed by atoms with van der Waals surface area (Å²) in [4.78, 5) is 2.21. The Hall–Kier alpha value is -1.47. The largest absolute Gasteiger partial charge is 0.378 e. The van der Waals surface area contributed by atoms with Gasteiger partial charge in [0.2, 0.25) is 0 Å². The van der Waals surface area contributed by atoms with E-state index in [4.69, 9.17) is 27.9 Å². The molecule has 1 fully saturated rings. The molecule has 0 aliphatic carbocycles. The molecule has 8 heteroatoms. The van der Waals surface area contributed by atoms with Crippen LogP contribution in [0.25, 0.3) is 0 Å². The number of halogens is 2. The van der Waals surface area contributed by atoms with Crippen LogP contribution in [0.5, 0.6) is 0 Å². The lowest BCUT2D eigenvalue weighted by Crippen LogP contribution is -2.36. The van der Waals surface area contributed by atoms with Gasteiger partial charge in [0.25, 0.3) is 10.0 Å². The molecule has 1 saturated heterocycles. The first-order valence-electron chi connectivity index (χ1n) is 8.20. The van der Waals surface area contributed by atoms with E-state index in [1.165, 1.54) is 0 Å². The molecule has 26 heavy (non-hydrogen) atoms. The van der Waals surface area contributed by atoms with Gasteiger partial charge in [-0.25, -0.2) is 8.42 Å². The number of morpholine rings is 1. The molecule has 140 valence electrons. The summed E-state index contributed by atoms with van der Waals surface area (Å²) in [6, 6.07) is 8.92. The summed E-state index contributed by atoms with van der Waals surface area (Å²) in [5.74, 6) is 0. The standard InChI is InChI=1S/C18H20Cl2N2O3S/c1-12-11-16(19)13(2)18(17(12)20)26(23,24)21-14-3-5-15(6-4-14)22-7-9-25-10-8-22/h3-6,11,21H,7-10H2,1-2H3. The number of sulfonamides is 1. The van der Waals surface area contributed by atoms with Gasteiger partial charge in [-0.1, -0.05) is 23.2 Å². The molecule has 0 aromatic heterocycles. The summed E-state index contributed by atoms with van der Waals surface area (Å²) in [7, 11) is -3.86. The van der Waals surface area contributed by atoms with Crippen LogP contribution < -0.4 is 9.62 Å². The van der Waals surface area contributed by atoms with Crippen LogP contribution in [0.3, 0.4) is 0 Å². The normalized spacial score (nSPS) is 15.2. The molecule has 0 radical (unpaired) electrons. The van der Waals surface area contributed by atoms with Crippen molar-refractivity contribution in [1.29, 1.82) is 0 Å². The third-order valence-corrected chi connectivity index (χ3v) is 6.90. The second-order valence-corrected chi connectivity index (χ2v) is 8.60. The van der Waals surface area contributed by atoms with Crippen LogP contribution in [0.2, 0.25) is 10.0 Å². The molecule has 0 bridgehead atoms. The number of hydrogen-bond acceptors (Lipinski definition) is 4. The Bertz CT molecular complexity index is 883. The highest BCUT2D eigenvalue weighted by Gasteiger charge is 2.24. The maximum Gasteiger partial charge on any atom is 0.263 e. The van der Waals surface area contributed by atoms with Gasteiger partial charge in [0.15, 0.2) is 0 Å². The fourth-order valence-corrected chi connectivity index (χ4v) is 5.17. The van der Waals surface area contributed by atoms with Crippen molar-refractivity contribution >= 4 is 44.6 Å². The van der Waals surface area contributed by atoms with Crippen molar-refractivity contribution in [3.63, 3.8) is 0 Å². The molecule has 1 heterocycles. The van der Waals surface area contributed by atoms with Crippen LogP contribution in [0.4, 0.5) is 11.4 Å². The third-order valence-electron chi connectivity index (χ3n) is 4.35. The first-order valence-corrected chi connectivity index (χ1v) is 10.4. The maximum absolute atomic E-state index is 12.9. The highest BCUT2D eigenvalue weighted by Crippen LogP contribution is 2.34. The molecule has 1 aliphatic heterocycles. The minimum atomic E-state index is -3.86. The number of nitrogens with one attached hydrogen (secondary N) is 1. The molecule has 0 saturated carbocycles. The quantitative estimate of drug-likeness (QED) is 0.811. The average molecular weight is 415 g/mol. The Morgan fingerprint density at radius 2 is 1.69 bits per heavy atom. The summed E-state index contributed by atoms with van der Waals surface area (Å²) in [5.41, 5.74) is 2.55. The number of aryl methyl sites for hydroxylation is 1. The van der Waals surface area contributed by atoms with Gasteiger partial charge in [0.05, 0.1) is 18.2 Å². The molecule has 1 aliphatic rings. The zero-order valence-electron chi connectivity index (χ0n) is 14.6. The number of hydrogen-bond donors (Lipinski definition) is 1. The molecule has 0 spiro atoms. The minimum absolute atomic E-state index is 0.0152.